The molecule has 1 aliphatic heterocycles. The number of benzene rings is 3. The molecule has 188 valence electrons. The summed E-state index contributed by atoms with van der Waals surface area (Å²) in [4.78, 5) is 26.9. The fourth-order valence-electron chi connectivity index (χ4n) is 4.57. The van der Waals surface area contributed by atoms with Gasteiger partial charge in [0.05, 0.1) is 16.3 Å². The Bertz CT molecular complexity index is 1520. The molecule has 1 atom stereocenters. The average molecular weight is 534 g/mol. The smallest absolute Gasteiger partial charge is 0.270 e. The van der Waals surface area contributed by atoms with Crippen molar-refractivity contribution < 1.29 is 13.2 Å². The Hall–Kier alpha value is -3.75. The lowest BCUT2D eigenvalue weighted by molar-refractivity contribution is -0.124. The number of fused-ring (bicyclic) bond motifs is 1. The van der Waals surface area contributed by atoms with Gasteiger partial charge in [0, 0.05) is 23.7 Å². The highest BCUT2D eigenvalue weighted by Gasteiger charge is 2.41. The molecule has 3 aromatic carbocycles. The van der Waals surface area contributed by atoms with E-state index in [0.717, 1.165) is 21.1 Å². The number of carbonyl (C=O) groups excluding carboxylic acids is 1. The van der Waals surface area contributed by atoms with Crippen molar-refractivity contribution in [1.29, 1.82) is 0 Å². The molecule has 0 aromatic heterocycles. The van der Waals surface area contributed by atoms with E-state index in [0.29, 0.717) is 10.7 Å². The van der Waals surface area contributed by atoms with E-state index in [9.17, 15) is 18.1 Å². The fourth-order valence-corrected chi connectivity index (χ4v) is 6.18. The van der Waals surface area contributed by atoms with Crippen LogP contribution in [-0.4, -0.2) is 30.7 Å². The molecule has 1 fully saturated rings. The maximum Gasteiger partial charge on any atom is 0.270 e. The molecule has 1 amide bonds. The van der Waals surface area contributed by atoms with Crippen molar-refractivity contribution in [3.63, 3.8) is 0 Å². The summed E-state index contributed by atoms with van der Waals surface area (Å²) >= 11 is 6.07. The lowest BCUT2D eigenvalue weighted by Gasteiger charge is -2.34. The maximum absolute atomic E-state index is 13.9. The largest absolute Gasteiger partial charge is 0.339 e. The van der Waals surface area contributed by atoms with E-state index in [2.05, 4.69) is 5.18 Å². The summed E-state index contributed by atoms with van der Waals surface area (Å²) in [5.41, 5.74) is 2.11. The summed E-state index contributed by atoms with van der Waals surface area (Å²) < 4.78 is 28.6. The first-order valence-electron chi connectivity index (χ1n) is 11.8. The molecule has 0 unspecified atom stereocenters. The zero-order valence-electron chi connectivity index (χ0n) is 20.0. The highest BCUT2D eigenvalue weighted by Crippen LogP contribution is 2.39. The normalized spacial score (nSPS) is 20.0. The van der Waals surface area contributed by atoms with Crippen LogP contribution in [0.1, 0.15) is 19.8 Å². The van der Waals surface area contributed by atoms with Gasteiger partial charge in [-0.1, -0.05) is 65.3 Å². The average Bonchev–Trinajstić information content (AvgIpc) is 3.05. The lowest BCUT2D eigenvalue weighted by Crippen LogP contribution is -2.38. The van der Waals surface area contributed by atoms with Crippen molar-refractivity contribution in [1.82, 2.24) is 4.31 Å². The first-order valence-corrected chi connectivity index (χ1v) is 13.6. The van der Waals surface area contributed by atoms with E-state index >= 15 is 0 Å². The zero-order chi connectivity index (χ0) is 26.2. The Morgan fingerprint density at radius 1 is 0.892 bits per heavy atom. The van der Waals surface area contributed by atoms with Crippen LogP contribution in [0.15, 0.2) is 112 Å². The van der Waals surface area contributed by atoms with Gasteiger partial charge in [-0.3, -0.25) is 4.79 Å². The van der Waals surface area contributed by atoms with Crippen LogP contribution < -0.4 is 4.90 Å². The molecule has 37 heavy (non-hydrogen) atoms. The van der Waals surface area contributed by atoms with E-state index < -0.39 is 21.5 Å². The fraction of sp³-hybridized carbons (Fsp3) is 0.179. The number of hydrogen-bond acceptors (Lipinski definition) is 6. The van der Waals surface area contributed by atoms with Crippen molar-refractivity contribution >= 4 is 33.2 Å². The second-order valence-corrected chi connectivity index (χ2v) is 11.4. The van der Waals surface area contributed by atoms with Gasteiger partial charge in [-0.15, -0.1) is 4.91 Å². The van der Waals surface area contributed by atoms with Crippen LogP contribution in [-0.2, 0) is 14.8 Å². The molecule has 7 nitrogen and oxygen atoms in total. The molecular formula is C28H24ClN3O4S. The molecule has 0 spiro atoms. The second kappa shape index (κ2) is 9.61. The number of amides is 1. The highest BCUT2D eigenvalue weighted by atomic mass is 35.5. The SMILES string of the molecule is C[C@]1(N=O)C=C2C(=CC1)N(S(=O)(=O)c1ccc(-c3ccccc3)cc1)C(=O)CCN2c1ccc(Cl)cc1. The summed E-state index contributed by atoms with van der Waals surface area (Å²) in [7, 11) is -4.24. The third-order valence-corrected chi connectivity index (χ3v) is 8.55. The summed E-state index contributed by atoms with van der Waals surface area (Å²) in [5, 5.41) is 3.82. The second-order valence-electron chi connectivity index (χ2n) is 9.20. The van der Waals surface area contributed by atoms with Crippen molar-refractivity contribution in [3.05, 3.63) is 112 Å². The zero-order valence-corrected chi connectivity index (χ0v) is 21.6. The van der Waals surface area contributed by atoms with E-state index in [1.54, 1.807) is 55.5 Å². The minimum absolute atomic E-state index is 0.00238. The van der Waals surface area contributed by atoms with Gasteiger partial charge < -0.3 is 4.90 Å². The number of sulfonamides is 1. The molecule has 0 bridgehead atoms. The summed E-state index contributed by atoms with van der Waals surface area (Å²) in [6, 6.07) is 23.1. The molecule has 9 heteroatoms. The monoisotopic (exact) mass is 533 g/mol. The van der Waals surface area contributed by atoms with Crippen LogP contribution >= 0.6 is 11.6 Å². The van der Waals surface area contributed by atoms with E-state index in [4.69, 9.17) is 11.6 Å². The van der Waals surface area contributed by atoms with Gasteiger partial charge in [-0.05, 0) is 66.9 Å². The van der Waals surface area contributed by atoms with Gasteiger partial charge in [-0.25, -0.2) is 12.7 Å². The van der Waals surface area contributed by atoms with Gasteiger partial charge >= 0.3 is 0 Å². The lowest BCUT2D eigenvalue weighted by atomic mass is 9.91. The quantitative estimate of drug-likeness (QED) is 0.368. The number of halogens is 1. The Morgan fingerprint density at radius 2 is 1.54 bits per heavy atom. The maximum atomic E-state index is 13.9. The Labute approximate surface area is 220 Å². The molecule has 3 aromatic rings. The number of nitroso groups, excluding NO2 is 1. The molecule has 0 saturated carbocycles. The van der Waals surface area contributed by atoms with Crippen LogP contribution in [0.3, 0.4) is 0 Å². The molecule has 0 N–H and O–H groups in total. The van der Waals surface area contributed by atoms with Crippen molar-refractivity contribution in [3.8, 4) is 11.1 Å². The Balaban J connectivity index is 1.58. The topological polar surface area (TPSA) is 87.1 Å². The third kappa shape index (κ3) is 4.70. The van der Waals surface area contributed by atoms with Crippen LogP contribution in [0.4, 0.5) is 5.69 Å². The van der Waals surface area contributed by atoms with Crippen LogP contribution in [0.25, 0.3) is 11.1 Å². The van der Waals surface area contributed by atoms with Gasteiger partial charge in [0.2, 0.25) is 5.91 Å². The van der Waals surface area contributed by atoms with Crippen LogP contribution in [0, 0.1) is 4.91 Å². The van der Waals surface area contributed by atoms with Crippen molar-refractivity contribution in [2.24, 2.45) is 5.18 Å². The van der Waals surface area contributed by atoms with E-state index in [1.165, 1.54) is 12.1 Å². The predicted octanol–water partition coefficient (Wildman–Crippen LogP) is 6.13. The minimum atomic E-state index is -4.24. The van der Waals surface area contributed by atoms with Crippen molar-refractivity contribution in [2.45, 2.75) is 30.2 Å². The molecular weight excluding hydrogens is 510 g/mol. The Morgan fingerprint density at radius 3 is 2.19 bits per heavy atom. The molecule has 1 saturated heterocycles. The van der Waals surface area contributed by atoms with E-state index in [1.807, 2.05) is 35.2 Å². The number of carbonyl (C=O) groups is 1. The standard InChI is InChI=1S/C28H24ClN3O4S/c1-28(30-34)17-15-25-26(19-28)31(23-11-9-22(29)10-12-23)18-16-27(33)32(25)37(35,36)24-13-7-21(8-14-24)20-5-3-2-4-6-20/h2-15,19H,16-18H2,1H3/t28-/m1/s1. The molecule has 1 heterocycles. The summed E-state index contributed by atoms with van der Waals surface area (Å²) in [6.45, 7) is 1.89. The molecule has 1 aliphatic carbocycles. The van der Waals surface area contributed by atoms with Gasteiger partial charge in [0.15, 0.2) is 0 Å². The summed E-state index contributed by atoms with van der Waals surface area (Å²) in [6.07, 6.45) is 3.36. The van der Waals surface area contributed by atoms with Gasteiger partial charge in [-0.2, -0.15) is 0 Å². The van der Waals surface area contributed by atoms with Crippen LogP contribution in [0.2, 0.25) is 5.02 Å². The molecule has 5 rings (SSSR count). The predicted molar refractivity (Wildman–Crippen MR) is 144 cm³/mol. The Kier molecular flexibility index (Phi) is 6.47. The van der Waals surface area contributed by atoms with Crippen LogP contribution in [0.5, 0.6) is 0 Å². The van der Waals surface area contributed by atoms with Gasteiger partial charge in [0.25, 0.3) is 10.0 Å². The number of anilines is 1. The molecule has 0 radical (unpaired) electrons. The summed E-state index contributed by atoms with van der Waals surface area (Å²) in [5.74, 6) is -0.552. The van der Waals surface area contributed by atoms with Gasteiger partial charge in [0.1, 0.15) is 5.54 Å². The number of hydrogen-bond donors (Lipinski definition) is 0. The van der Waals surface area contributed by atoms with E-state index in [-0.39, 0.29) is 30.0 Å². The third-order valence-electron chi connectivity index (χ3n) is 6.55. The van der Waals surface area contributed by atoms with Crippen molar-refractivity contribution in [2.75, 3.05) is 11.4 Å². The number of nitrogens with zero attached hydrogens (tertiary/aromatic N) is 3. The molecule has 2 aliphatic rings. The first-order chi connectivity index (χ1) is 17.7. The highest BCUT2D eigenvalue weighted by molar-refractivity contribution is 7.89. The number of rotatable bonds is 5. The minimum Gasteiger partial charge on any atom is -0.339 e. The first kappa shape index (κ1) is 24.9.